The highest BCUT2D eigenvalue weighted by molar-refractivity contribution is 9.10. The van der Waals surface area contributed by atoms with Crippen LogP contribution in [0.2, 0.25) is 0 Å². The molecule has 0 N–H and O–H groups in total. The number of aromatic nitrogens is 1. The van der Waals surface area contributed by atoms with Crippen molar-refractivity contribution >= 4 is 56.1 Å². The van der Waals surface area contributed by atoms with Gasteiger partial charge in [0, 0.05) is 47.8 Å². The maximum absolute atomic E-state index is 12.5. The Morgan fingerprint density at radius 3 is 2.48 bits per heavy atom. The highest BCUT2D eigenvalue weighted by atomic mass is 79.9. The van der Waals surface area contributed by atoms with Gasteiger partial charge in [0.1, 0.15) is 5.70 Å². The van der Waals surface area contributed by atoms with E-state index in [9.17, 15) is 4.79 Å². The van der Waals surface area contributed by atoms with Crippen LogP contribution in [-0.4, -0.2) is 39.5 Å². The molecule has 1 aromatic heterocycles. The van der Waals surface area contributed by atoms with Gasteiger partial charge in [0.15, 0.2) is 5.11 Å². The van der Waals surface area contributed by atoms with Crippen LogP contribution < -0.4 is 0 Å². The van der Waals surface area contributed by atoms with Crippen LogP contribution >= 0.6 is 28.1 Å². The van der Waals surface area contributed by atoms with Crippen molar-refractivity contribution in [2.75, 3.05) is 14.1 Å². The maximum atomic E-state index is 12.5. The number of thiocarbonyl (C=S) groups is 1. The van der Waals surface area contributed by atoms with Gasteiger partial charge in [-0.2, -0.15) is 0 Å². The summed E-state index contributed by atoms with van der Waals surface area (Å²) in [4.78, 5) is 15.8. The molecule has 0 aliphatic carbocycles. The summed E-state index contributed by atoms with van der Waals surface area (Å²) < 4.78 is 3.22. The van der Waals surface area contributed by atoms with Crippen LogP contribution in [0.5, 0.6) is 0 Å². The minimum atomic E-state index is -0.0820. The van der Waals surface area contributed by atoms with Gasteiger partial charge >= 0.3 is 0 Å². The molecule has 136 valence electrons. The van der Waals surface area contributed by atoms with E-state index in [1.54, 1.807) is 11.9 Å². The maximum Gasteiger partial charge on any atom is 0.276 e. The lowest BCUT2D eigenvalue weighted by molar-refractivity contribution is -0.121. The fraction of sp³-hybridized carbons (Fsp3) is 0.143. The number of hydrogen-bond acceptors (Lipinski definition) is 2. The van der Waals surface area contributed by atoms with Gasteiger partial charge in [0.25, 0.3) is 5.91 Å². The zero-order valence-electron chi connectivity index (χ0n) is 15.0. The Bertz CT molecular complexity index is 1090. The van der Waals surface area contributed by atoms with E-state index >= 15 is 0 Å². The first-order valence-electron chi connectivity index (χ1n) is 8.55. The normalized spacial score (nSPS) is 16.2. The molecule has 6 heteroatoms. The van der Waals surface area contributed by atoms with Gasteiger partial charge in [-0.25, -0.2) is 0 Å². The number of rotatable bonds is 3. The largest absolute Gasteiger partial charge is 0.342 e. The Kier molecular flexibility index (Phi) is 4.61. The first kappa shape index (κ1) is 17.9. The molecule has 1 amide bonds. The molecule has 0 bridgehead atoms. The van der Waals surface area contributed by atoms with E-state index in [0.29, 0.717) is 10.8 Å². The standard InChI is InChI=1S/C21H18BrN3OS/c1-23-19(20(26)24(2)21(23)27)10-15-13-25(12-14-6-4-3-5-7-14)18-9-8-16(22)11-17(15)18/h3-11,13H,12H2,1-2H3/b19-10-. The molecule has 3 aromatic rings. The van der Waals surface area contributed by atoms with Gasteiger partial charge in [-0.3, -0.25) is 9.69 Å². The first-order chi connectivity index (χ1) is 13.0. The average Bonchev–Trinajstić information content (AvgIpc) is 3.08. The predicted octanol–water partition coefficient (Wildman–Crippen LogP) is 4.48. The van der Waals surface area contributed by atoms with Crippen LogP contribution in [0.4, 0.5) is 0 Å². The van der Waals surface area contributed by atoms with Crippen molar-refractivity contribution in [3.8, 4) is 0 Å². The Labute approximate surface area is 171 Å². The molecule has 1 fully saturated rings. The molecule has 0 radical (unpaired) electrons. The summed E-state index contributed by atoms with van der Waals surface area (Å²) in [7, 11) is 3.53. The topological polar surface area (TPSA) is 28.5 Å². The van der Waals surface area contributed by atoms with E-state index in [0.717, 1.165) is 27.5 Å². The van der Waals surface area contributed by atoms with Gasteiger partial charge < -0.3 is 9.47 Å². The van der Waals surface area contributed by atoms with Crippen molar-refractivity contribution in [3.63, 3.8) is 0 Å². The number of benzene rings is 2. The average molecular weight is 440 g/mol. The van der Waals surface area contributed by atoms with Gasteiger partial charge in [-0.1, -0.05) is 46.3 Å². The third kappa shape index (κ3) is 3.19. The number of amides is 1. The van der Waals surface area contributed by atoms with Crippen molar-refractivity contribution in [2.24, 2.45) is 0 Å². The predicted molar refractivity (Wildman–Crippen MR) is 116 cm³/mol. The molecule has 0 saturated carbocycles. The number of halogens is 1. The summed E-state index contributed by atoms with van der Waals surface area (Å²) >= 11 is 8.88. The molecular weight excluding hydrogens is 422 g/mol. The fourth-order valence-corrected chi connectivity index (χ4v) is 3.90. The van der Waals surface area contributed by atoms with Gasteiger partial charge in [0.2, 0.25) is 0 Å². The number of likely N-dealkylation sites (N-methyl/N-ethyl adjacent to an activating group) is 2. The summed E-state index contributed by atoms with van der Waals surface area (Å²) in [5, 5.41) is 1.61. The lowest BCUT2D eigenvalue weighted by Gasteiger charge is -2.10. The van der Waals surface area contributed by atoms with Gasteiger partial charge in [-0.15, -0.1) is 0 Å². The molecular formula is C21H18BrN3OS. The summed E-state index contributed by atoms with van der Waals surface area (Å²) in [6, 6.07) is 16.6. The molecule has 0 atom stereocenters. The summed E-state index contributed by atoms with van der Waals surface area (Å²) in [5.74, 6) is -0.0820. The van der Waals surface area contributed by atoms with Gasteiger partial charge in [0.05, 0.1) is 0 Å². The second-order valence-electron chi connectivity index (χ2n) is 6.59. The van der Waals surface area contributed by atoms with Crippen LogP contribution in [0.25, 0.3) is 17.0 Å². The molecule has 4 nitrogen and oxygen atoms in total. The molecule has 1 aliphatic heterocycles. The Morgan fingerprint density at radius 2 is 1.81 bits per heavy atom. The van der Waals surface area contributed by atoms with Crippen molar-refractivity contribution < 1.29 is 4.79 Å². The zero-order chi connectivity index (χ0) is 19.1. The molecule has 27 heavy (non-hydrogen) atoms. The van der Waals surface area contributed by atoms with E-state index in [-0.39, 0.29) is 5.91 Å². The van der Waals surface area contributed by atoms with Crippen LogP contribution in [0.15, 0.2) is 64.9 Å². The van der Waals surface area contributed by atoms with E-state index in [1.807, 2.05) is 37.4 Å². The van der Waals surface area contributed by atoms with E-state index in [4.69, 9.17) is 12.2 Å². The Balaban J connectivity index is 1.84. The summed E-state index contributed by atoms with van der Waals surface area (Å²) in [6.45, 7) is 0.768. The van der Waals surface area contributed by atoms with E-state index in [1.165, 1.54) is 10.5 Å². The Hall–Kier alpha value is -2.44. The lowest BCUT2D eigenvalue weighted by atomic mass is 10.1. The second kappa shape index (κ2) is 6.94. The third-order valence-electron chi connectivity index (χ3n) is 4.82. The molecule has 1 saturated heterocycles. The van der Waals surface area contributed by atoms with Crippen molar-refractivity contribution in [1.82, 2.24) is 14.4 Å². The third-order valence-corrected chi connectivity index (χ3v) is 5.86. The second-order valence-corrected chi connectivity index (χ2v) is 7.88. The van der Waals surface area contributed by atoms with E-state index < -0.39 is 0 Å². The van der Waals surface area contributed by atoms with Crippen molar-refractivity contribution in [2.45, 2.75) is 6.54 Å². The molecule has 0 unspecified atom stereocenters. The van der Waals surface area contributed by atoms with Crippen LogP contribution in [-0.2, 0) is 11.3 Å². The van der Waals surface area contributed by atoms with Crippen molar-refractivity contribution in [1.29, 1.82) is 0 Å². The number of carbonyl (C=O) groups is 1. The number of nitrogens with zero attached hydrogens (tertiary/aromatic N) is 3. The smallest absolute Gasteiger partial charge is 0.276 e. The number of fused-ring (bicyclic) bond motifs is 1. The van der Waals surface area contributed by atoms with Crippen LogP contribution in [0.1, 0.15) is 11.1 Å². The molecule has 2 heterocycles. The Morgan fingerprint density at radius 1 is 1.07 bits per heavy atom. The highest BCUT2D eigenvalue weighted by Crippen LogP contribution is 2.29. The molecule has 1 aliphatic rings. The lowest BCUT2D eigenvalue weighted by Crippen LogP contribution is -2.26. The number of carbonyl (C=O) groups excluding carboxylic acids is 1. The monoisotopic (exact) mass is 439 g/mol. The summed E-state index contributed by atoms with van der Waals surface area (Å²) in [5.41, 5.74) is 3.93. The highest BCUT2D eigenvalue weighted by Gasteiger charge is 2.32. The van der Waals surface area contributed by atoms with Crippen LogP contribution in [0.3, 0.4) is 0 Å². The fourth-order valence-electron chi connectivity index (χ4n) is 3.36. The summed E-state index contributed by atoms with van der Waals surface area (Å²) in [6.07, 6.45) is 4.02. The minimum Gasteiger partial charge on any atom is -0.342 e. The molecule has 4 rings (SSSR count). The first-order valence-corrected chi connectivity index (χ1v) is 9.75. The SMILES string of the molecule is CN1C(=O)/C(=C/c2cn(Cc3ccccc3)c3ccc(Br)cc23)N(C)C1=S. The quantitative estimate of drug-likeness (QED) is 0.444. The van der Waals surface area contributed by atoms with Crippen LogP contribution in [0, 0.1) is 0 Å². The van der Waals surface area contributed by atoms with Gasteiger partial charge in [-0.05, 0) is 42.1 Å². The molecule has 0 spiro atoms. The van der Waals surface area contributed by atoms with Crippen molar-refractivity contribution in [3.05, 3.63) is 76.0 Å². The zero-order valence-corrected chi connectivity index (χ0v) is 17.4. The number of hydrogen-bond donors (Lipinski definition) is 0. The van der Waals surface area contributed by atoms with E-state index in [2.05, 4.69) is 51.0 Å². The molecule has 2 aromatic carbocycles. The minimum absolute atomic E-state index is 0.0820.